The van der Waals surface area contributed by atoms with E-state index in [2.05, 4.69) is 20.5 Å². The van der Waals surface area contributed by atoms with Gasteiger partial charge < -0.3 is 14.3 Å². The van der Waals surface area contributed by atoms with Gasteiger partial charge in [0.05, 0.1) is 26.1 Å². The van der Waals surface area contributed by atoms with E-state index in [4.69, 9.17) is 9.47 Å². The first-order valence-electron chi connectivity index (χ1n) is 7.41. The molecule has 0 heterocycles. The SMILES string of the molecule is CO/N=C\C(=N\Nc1cc(OC)cc(OC)c1)C(=O)c1ccccc1. The molecular formula is C18H19N3O4. The van der Waals surface area contributed by atoms with Crippen LogP contribution in [0.5, 0.6) is 11.5 Å². The molecule has 0 aromatic heterocycles. The summed E-state index contributed by atoms with van der Waals surface area (Å²) in [5, 5.41) is 7.77. The minimum Gasteiger partial charge on any atom is -0.497 e. The largest absolute Gasteiger partial charge is 0.497 e. The molecule has 0 saturated heterocycles. The number of nitrogens with one attached hydrogen (secondary N) is 1. The average molecular weight is 341 g/mol. The molecule has 0 aliphatic carbocycles. The van der Waals surface area contributed by atoms with E-state index in [0.717, 1.165) is 0 Å². The Labute approximate surface area is 145 Å². The minimum absolute atomic E-state index is 0.0924. The van der Waals surface area contributed by atoms with E-state index >= 15 is 0 Å². The summed E-state index contributed by atoms with van der Waals surface area (Å²) in [4.78, 5) is 17.2. The fraction of sp³-hybridized carbons (Fsp3) is 0.167. The first-order chi connectivity index (χ1) is 12.2. The quantitative estimate of drug-likeness (QED) is 0.453. The number of Topliss-reactive ketones (excluding diaryl/α,β-unsaturated/α-hetero) is 1. The van der Waals surface area contributed by atoms with Crippen LogP contribution in [-0.4, -0.2) is 39.0 Å². The normalized spacial score (nSPS) is 11.2. The zero-order valence-corrected chi connectivity index (χ0v) is 14.2. The van der Waals surface area contributed by atoms with Gasteiger partial charge in [-0.3, -0.25) is 10.2 Å². The summed E-state index contributed by atoms with van der Waals surface area (Å²) >= 11 is 0. The molecule has 2 rings (SSSR count). The summed E-state index contributed by atoms with van der Waals surface area (Å²) in [6.45, 7) is 0. The van der Waals surface area contributed by atoms with Gasteiger partial charge in [0.15, 0.2) is 5.71 Å². The van der Waals surface area contributed by atoms with Gasteiger partial charge in [0.2, 0.25) is 5.78 Å². The molecule has 25 heavy (non-hydrogen) atoms. The smallest absolute Gasteiger partial charge is 0.214 e. The lowest BCUT2D eigenvalue weighted by atomic mass is 10.1. The molecular weight excluding hydrogens is 322 g/mol. The second-order valence-electron chi connectivity index (χ2n) is 4.82. The van der Waals surface area contributed by atoms with Gasteiger partial charge in [0, 0.05) is 23.8 Å². The molecule has 2 aromatic carbocycles. The van der Waals surface area contributed by atoms with Crippen molar-refractivity contribution in [1.29, 1.82) is 0 Å². The molecule has 0 fully saturated rings. The van der Waals surface area contributed by atoms with Gasteiger partial charge in [-0.1, -0.05) is 35.5 Å². The van der Waals surface area contributed by atoms with Crippen molar-refractivity contribution in [1.82, 2.24) is 0 Å². The van der Waals surface area contributed by atoms with E-state index in [1.165, 1.54) is 13.3 Å². The highest BCUT2D eigenvalue weighted by molar-refractivity contribution is 6.64. The Morgan fingerprint density at radius 3 is 2.20 bits per heavy atom. The molecule has 2 aromatic rings. The number of ketones is 1. The molecule has 0 atom stereocenters. The number of anilines is 1. The molecule has 0 saturated carbocycles. The lowest BCUT2D eigenvalue weighted by molar-refractivity contribution is 0.106. The number of rotatable bonds is 8. The van der Waals surface area contributed by atoms with E-state index in [1.807, 2.05) is 6.07 Å². The van der Waals surface area contributed by atoms with Crippen LogP contribution in [0.3, 0.4) is 0 Å². The lowest BCUT2D eigenvalue weighted by Gasteiger charge is -2.08. The number of oxime groups is 1. The second kappa shape index (κ2) is 9.07. The third-order valence-electron chi connectivity index (χ3n) is 3.21. The van der Waals surface area contributed by atoms with E-state index in [0.29, 0.717) is 22.7 Å². The Morgan fingerprint density at radius 1 is 1.00 bits per heavy atom. The minimum atomic E-state index is -0.288. The molecule has 0 unspecified atom stereocenters. The van der Waals surface area contributed by atoms with E-state index in [1.54, 1.807) is 56.7 Å². The third-order valence-corrected chi connectivity index (χ3v) is 3.21. The van der Waals surface area contributed by atoms with Crippen molar-refractivity contribution in [2.75, 3.05) is 26.8 Å². The van der Waals surface area contributed by atoms with Crippen LogP contribution in [0.25, 0.3) is 0 Å². The molecule has 1 N–H and O–H groups in total. The monoisotopic (exact) mass is 341 g/mol. The second-order valence-corrected chi connectivity index (χ2v) is 4.82. The molecule has 0 spiro atoms. The number of hydrazone groups is 1. The number of ether oxygens (including phenoxy) is 2. The maximum absolute atomic E-state index is 12.6. The Hall–Kier alpha value is -3.35. The van der Waals surface area contributed by atoms with Crippen LogP contribution in [-0.2, 0) is 4.84 Å². The van der Waals surface area contributed by atoms with E-state index in [9.17, 15) is 4.79 Å². The standard InChI is InChI=1S/C18H19N3O4/c1-23-15-9-14(10-16(11-15)24-2)20-21-17(12-19-25-3)18(22)13-7-5-4-6-8-13/h4-12,20H,1-3H3/b19-12-,21-17-. The van der Waals surface area contributed by atoms with Gasteiger partial charge in [-0.25, -0.2) is 0 Å². The fourth-order valence-electron chi connectivity index (χ4n) is 1.98. The Kier molecular flexibility index (Phi) is 6.53. The summed E-state index contributed by atoms with van der Waals surface area (Å²) in [6, 6.07) is 14.0. The van der Waals surface area contributed by atoms with Crippen LogP contribution in [0.4, 0.5) is 5.69 Å². The molecule has 0 bridgehead atoms. The van der Waals surface area contributed by atoms with Crippen LogP contribution in [0.2, 0.25) is 0 Å². The summed E-state index contributed by atoms with van der Waals surface area (Å²) in [6.07, 6.45) is 1.25. The van der Waals surface area contributed by atoms with E-state index in [-0.39, 0.29) is 11.5 Å². The number of hydrogen-bond acceptors (Lipinski definition) is 7. The van der Waals surface area contributed by atoms with Crippen molar-refractivity contribution in [2.45, 2.75) is 0 Å². The van der Waals surface area contributed by atoms with Crippen LogP contribution in [0, 0.1) is 0 Å². The van der Waals surface area contributed by atoms with Crippen molar-refractivity contribution < 1.29 is 19.1 Å². The number of methoxy groups -OCH3 is 2. The van der Waals surface area contributed by atoms with Gasteiger partial charge in [-0.15, -0.1) is 0 Å². The topological polar surface area (TPSA) is 81.5 Å². The predicted molar refractivity (Wildman–Crippen MR) is 96.9 cm³/mol. The molecule has 0 aliphatic heterocycles. The lowest BCUT2D eigenvalue weighted by Crippen LogP contribution is -2.17. The van der Waals surface area contributed by atoms with Gasteiger partial charge in [-0.05, 0) is 0 Å². The molecule has 130 valence electrons. The molecule has 7 heteroatoms. The molecule has 7 nitrogen and oxygen atoms in total. The third kappa shape index (κ3) is 5.07. The van der Waals surface area contributed by atoms with Crippen molar-refractivity contribution in [3.8, 4) is 11.5 Å². The number of carbonyl (C=O) groups is 1. The van der Waals surface area contributed by atoms with Crippen LogP contribution in [0.1, 0.15) is 10.4 Å². The number of benzene rings is 2. The van der Waals surface area contributed by atoms with Crippen molar-refractivity contribution >= 4 is 23.4 Å². The predicted octanol–water partition coefficient (Wildman–Crippen LogP) is 2.99. The first-order valence-corrected chi connectivity index (χ1v) is 7.41. The highest BCUT2D eigenvalue weighted by Gasteiger charge is 2.13. The summed E-state index contributed by atoms with van der Waals surface area (Å²) < 4.78 is 10.4. The van der Waals surface area contributed by atoms with Gasteiger partial charge in [0.25, 0.3) is 0 Å². The van der Waals surface area contributed by atoms with Crippen molar-refractivity contribution in [2.24, 2.45) is 10.3 Å². The van der Waals surface area contributed by atoms with Crippen LogP contribution < -0.4 is 14.9 Å². The highest BCUT2D eigenvalue weighted by atomic mass is 16.6. The average Bonchev–Trinajstić information content (AvgIpc) is 2.67. The number of carbonyl (C=O) groups excluding carboxylic acids is 1. The summed E-state index contributed by atoms with van der Waals surface area (Å²) in [5.41, 5.74) is 4.00. The number of nitrogens with zero attached hydrogens (tertiary/aromatic N) is 2. The molecule has 0 aliphatic rings. The van der Waals surface area contributed by atoms with Crippen molar-refractivity contribution in [3.63, 3.8) is 0 Å². The maximum atomic E-state index is 12.6. The zero-order valence-electron chi connectivity index (χ0n) is 14.2. The Morgan fingerprint density at radius 2 is 1.64 bits per heavy atom. The Balaban J connectivity index is 2.29. The van der Waals surface area contributed by atoms with Gasteiger partial charge >= 0.3 is 0 Å². The summed E-state index contributed by atoms with van der Waals surface area (Å²) in [5.74, 6) is 0.904. The molecule has 0 amide bonds. The van der Waals surface area contributed by atoms with Gasteiger partial charge in [-0.2, -0.15) is 5.10 Å². The van der Waals surface area contributed by atoms with Crippen LogP contribution in [0.15, 0.2) is 58.8 Å². The Bertz CT molecular complexity index is 751. The molecule has 0 radical (unpaired) electrons. The number of hydrogen-bond donors (Lipinski definition) is 1. The maximum Gasteiger partial charge on any atom is 0.214 e. The van der Waals surface area contributed by atoms with Crippen molar-refractivity contribution in [3.05, 3.63) is 54.1 Å². The first kappa shape index (κ1) is 18.0. The van der Waals surface area contributed by atoms with Gasteiger partial charge in [0.1, 0.15) is 18.6 Å². The fourth-order valence-corrected chi connectivity index (χ4v) is 1.98. The summed E-state index contributed by atoms with van der Waals surface area (Å²) in [7, 11) is 4.50. The highest BCUT2D eigenvalue weighted by Crippen LogP contribution is 2.25. The van der Waals surface area contributed by atoms with Crippen LogP contribution >= 0.6 is 0 Å². The zero-order chi connectivity index (χ0) is 18.1. The van der Waals surface area contributed by atoms with E-state index < -0.39 is 0 Å².